The summed E-state index contributed by atoms with van der Waals surface area (Å²) in [5.74, 6) is 1.16. The number of nitrogens with zero attached hydrogens (tertiary/aromatic N) is 2. The van der Waals surface area contributed by atoms with Crippen molar-refractivity contribution < 1.29 is 9.66 Å². The van der Waals surface area contributed by atoms with Gasteiger partial charge in [-0.2, -0.15) is 0 Å². The summed E-state index contributed by atoms with van der Waals surface area (Å²) in [5.41, 5.74) is 4.65. The number of thioether (sulfide) groups is 1. The van der Waals surface area contributed by atoms with Gasteiger partial charge in [0.2, 0.25) is 0 Å². The molecule has 4 aromatic carbocycles. The van der Waals surface area contributed by atoms with Gasteiger partial charge in [-0.3, -0.25) is 10.1 Å². The number of non-ortho nitro benzene ring substituents is 1. The molecule has 0 radical (unpaired) electrons. The number of benzene rings is 4. The minimum atomic E-state index is -0.366. The van der Waals surface area contributed by atoms with Crippen molar-refractivity contribution >= 4 is 62.2 Å². The van der Waals surface area contributed by atoms with Crippen LogP contribution in [0.3, 0.4) is 0 Å². The lowest BCUT2D eigenvalue weighted by atomic mass is 9.87. The summed E-state index contributed by atoms with van der Waals surface area (Å²) in [4.78, 5) is 15.3. The second-order valence-corrected chi connectivity index (χ2v) is 11.8. The number of nitrogens with one attached hydrogen (secondary N) is 1. The summed E-state index contributed by atoms with van der Waals surface area (Å²) in [5, 5.41) is 17.0. The van der Waals surface area contributed by atoms with Gasteiger partial charge in [-0.25, -0.2) is 4.98 Å². The molecule has 6 nitrogen and oxygen atoms in total. The van der Waals surface area contributed by atoms with Gasteiger partial charge in [-0.05, 0) is 52.6 Å². The molecule has 5 aromatic rings. The minimum absolute atomic E-state index is 0. The number of piperidine rings is 1. The topological polar surface area (TPSA) is 77.3 Å². The highest BCUT2D eigenvalue weighted by molar-refractivity contribution is 8.00. The van der Waals surface area contributed by atoms with Gasteiger partial charge in [0.05, 0.1) is 27.9 Å². The predicted octanol–water partition coefficient (Wildman–Crippen LogP) is 7.73. The Morgan fingerprint density at radius 1 is 1.00 bits per heavy atom. The molecule has 2 unspecified atom stereocenters. The van der Waals surface area contributed by atoms with Gasteiger partial charge in [-0.1, -0.05) is 72.4 Å². The molecular formula is C30H28ClN3O3S2. The molecule has 0 amide bonds. The van der Waals surface area contributed by atoms with Crippen LogP contribution in [0.25, 0.3) is 21.0 Å². The van der Waals surface area contributed by atoms with Crippen molar-refractivity contribution in [1.82, 2.24) is 10.3 Å². The third kappa shape index (κ3) is 6.42. The molecule has 1 N–H and O–H groups in total. The van der Waals surface area contributed by atoms with Crippen molar-refractivity contribution in [3.05, 3.63) is 112 Å². The van der Waals surface area contributed by atoms with E-state index in [1.165, 1.54) is 44.9 Å². The molecule has 0 saturated carbocycles. The molecule has 1 saturated heterocycles. The van der Waals surface area contributed by atoms with E-state index < -0.39 is 0 Å². The maximum absolute atomic E-state index is 11.0. The largest absolute Gasteiger partial charge is 0.372 e. The quantitative estimate of drug-likeness (QED) is 0.115. The van der Waals surface area contributed by atoms with Gasteiger partial charge in [0.15, 0.2) is 4.34 Å². The Kier molecular flexibility index (Phi) is 8.79. The Morgan fingerprint density at radius 3 is 2.62 bits per heavy atom. The van der Waals surface area contributed by atoms with Gasteiger partial charge in [-0.15, -0.1) is 23.7 Å². The lowest BCUT2D eigenvalue weighted by Gasteiger charge is -2.32. The predicted molar refractivity (Wildman–Crippen MR) is 162 cm³/mol. The van der Waals surface area contributed by atoms with Gasteiger partial charge in [0.25, 0.3) is 5.69 Å². The van der Waals surface area contributed by atoms with Gasteiger partial charge < -0.3 is 10.1 Å². The molecule has 9 heteroatoms. The van der Waals surface area contributed by atoms with Crippen molar-refractivity contribution in [1.29, 1.82) is 0 Å². The first-order valence-electron chi connectivity index (χ1n) is 12.7. The van der Waals surface area contributed by atoms with Crippen LogP contribution in [0.2, 0.25) is 0 Å². The molecule has 1 fully saturated rings. The van der Waals surface area contributed by atoms with Crippen LogP contribution in [0.15, 0.2) is 89.3 Å². The summed E-state index contributed by atoms with van der Waals surface area (Å²) in [6, 6.07) is 28.7. The normalized spacial score (nSPS) is 17.2. The standard InChI is InChI=1S/C30H27N3O3S2.ClH/c34-33(35)25-11-12-27-29(16-25)38-30(32-27)37-19-20-5-9-23(10-6-20)26-13-14-31-17-28(26)36-18-21-7-8-22-3-1-2-4-24(22)15-21;/h1-12,15-16,26,28,31H,13-14,17-19H2;1H. The van der Waals surface area contributed by atoms with E-state index in [-0.39, 0.29) is 29.1 Å². The van der Waals surface area contributed by atoms with Crippen LogP contribution in [0.4, 0.5) is 5.69 Å². The number of rotatable bonds is 8. The first kappa shape index (κ1) is 27.6. The second-order valence-electron chi connectivity index (χ2n) is 9.55. The number of halogens is 1. The fourth-order valence-electron chi connectivity index (χ4n) is 4.99. The molecular weight excluding hydrogens is 550 g/mol. The Bertz CT molecular complexity index is 1590. The van der Waals surface area contributed by atoms with E-state index in [4.69, 9.17) is 4.74 Å². The van der Waals surface area contributed by atoms with Crippen LogP contribution >= 0.6 is 35.5 Å². The third-order valence-corrected chi connectivity index (χ3v) is 9.27. The molecule has 2 heterocycles. The Hall–Kier alpha value is -3.01. The van der Waals surface area contributed by atoms with Crippen molar-refractivity contribution in [2.24, 2.45) is 0 Å². The molecule has 200 valence electrons. The van der Waals surface area contributed by atoms with Crippen LogP contribution < -0.4 is 5.32 Å². The molecule has 1 aliphatic rings. The highest BCUT2D eigenvalue weighted by Gasteiger charge is 2.27. The van der Waals surface area contributed by atoms with Crippen LogP contribution in [0.1, 0.15) is 29.0 Å². The first-order chi connectivity index (χ1) is 18.6. The van der Waals surface area contributed by atoms with Crippen molar-refractivity contribution in [2.75, 3.05) is 13.1 Å². The smallest absolute Gasteiger partial charge is 0.270 e. The number of hydrogen-bond acceptors (Lipinski definition) is 7. The fourth-order valence-corrected chi connectivity index (χ4v) is 7.05. The monoisotopic (exact) mass is 577 g/mol. The Morgan fingerprint density at radius 2 is 1.79 bits per heavy atom. The molecule has 0 spiro atoms. The number of aromatic nitrogens is 1. The number of ether oxygens (including phenoxy) is 1. The maximum atomic E-state index is 11.0. The molecule has 1 aliphatic heterocycles. The van der Waals surface area contributed by atoms with Gasteiger partial charge >= 0.3 is 0 Å². The minimum Gasteiger partial charge on any atom is -0.372 e. The zero-order chi connectivity index (χ0) is 25.9. The summed E-state index contributed by atoms with van der Waals surface area (Å²) >= 11 is 3.17. The molecule has 1 aromatic heterocycles. The summed E-state index contributed by atoms with van der Waals surface area (Å²) in [6.45, 7) is 2.45. The first-order valence-corrected chi connectivity index (χ1v) is 14.5. The van der Waals surface area contributed by atoms with E-state index in [1.54, 1.807) is 23.9 Å². The number of hydrogen-bond donors (Lipinski definition) is 1. The Labute approximate surface area is 241 Å². The maximum Gasteiger partial charge on any atom is 0.270 e. The summed E-state index contributed by atoms with van der Waals surface area (Å²) < 4.78 is 8.22. The lowest BCUT2D eigenvalue weighted by molar-refractivity contribution is -0.384. The van der Waals surface area contributed by atoms with Crippen LogP contribution in [0, 0.1) is 10.1 Å². The average molecular weight is 578 g/mol. The molecule has 6 rings (SSSR count). The highest BCUT2D eigenvalue weighted by Crippen LogP contribution is 2.34. The van der Waals surface area contributed by atoms with Crippen molar-refractivity contribution in [3.63, 3.8) is 0 Å². The fraction of sp³-hybridized carbons (Fsp3) is 0.233. The van der Waals surface area contributed by atoms with Gasteiger partial charge in [0, 0.05) is 30.3 Å². The zero-order valence-corrected chi connectivity index (χ0v) is 23.6. The van der Waals surface area contributed by atoms with Crippen molar-refractivity contribution in [3.8, 4) is 0 Å². The third-order valence-electron chi connectivity index (χ3n) is 7.04. The number of fused-ring (bicyclic) bond motifs is 2. The van der Waals surface area contributed by atoms with Crippen LogP contribution in [-0.4, -0.2) is 29.1 Å². The van der Waals surface area contributed by atoms with Crippen LogP contribution in [0.5, 0.6) is 0 Å². The van der Waals surface area contributed by atoms with E-state index in [9.17, 15) is 10.1 Å². The van der Waals surface area contributed by atoms with E-state index in [0.29, 0.717) is 12.5 Å². The van der Waals surface area contributed by atoms with Gasteiger partial charge in [0.1, 0.15) is 0 Å². The van der Waals surface area contributed by atoms with E-state index in [0.717, 1.165) is 39.8 Å². The number of nitro groups is 1. The second kappa shape index (κ2) is 12.4. The summed E-state index contributed by atoms with van der Waals surface area (Å²) in [7, 11) is 0. The summed E-state index contributed by atoms with van der Waals surface area (Å²) in [6.07, 6.45) is 1.18. The number of thiazole rings is 1. The SMILES string of the molecule is Cl.O=[N+]([O-])c1ccc2nc(SCc3ccc(C4CCNCC4OCc4ccc5ccccc5c4)cc3)sc2c1. The molecule has 39 heavy (non-hydrogen) atoms. The average Bonchev–Trinajstić information content (AvgIpc) is 3.38. The van der Waals surface area contributed by atoms with Crippen LogP contribution in [-0.2, 0) is 17.1 Å². The number of nitro benzene ring substituents is 1. The lowest BCUT2D eigenvalue weighted by Crippen LogP contribution is -2.40. The Balaban J connectivity index is 0.00000308. The highest BCUT2D eigenvalue weighted by atomic mass is 35.5. The van der Waals surface area contributed by atoms with E-state index in [2.05, 4.69) is 77.0 Å². The molecule has 0 bridgehead atoms. The molecule has 2 atom stereocenters. The van der Waals surface area contributed by atoms with E-state index in [1.807, 2.05) is 0 Å². The zero-order valence-electron chi connectivity index (χ0n) is 21.1. The van der Waals surface area contributed by atoms with Crippen molar-refractivity contribution in [2.45, 2.75) is 35.1 Å². The van der Waals surface area contributed by atoms with E-state index >= 15 is 0 Å². The molecule has 0 aliphatic carbocycles.